The van der Waals surface area contributed by atoms with Crippen LogP contribution in [0, 0.1) is 6.92 Å². The summed E-state index contributed by atoms with van der Waals surface area (Å²) in [6, 6.07) is 0.00278. The lowest BCUT2D eigenvalue weighted by Gasteiger charge is -2.33. The van der Waals surface area contributed by atoms with Gasteiger partial charge < -0.3 is 19.4 Å². The molecule has 1 aromatic rings. The Hall–Kier alpha value is -1.54. The summed E-state index contributed by atoms with van der Waals surface area (Å²) in [4.78, 5) is 29.2. The molecule has 1 aromatic heterocycles. The summed E-state index contributed by atoms with van der Waals surface area (Å²) in [5.74, 6) is -0.0215. The Balaban J connectivity index is 1.47. The van der Waals surface area contributed by atoms with Gasteiger partial charge in [-0.3, -0.25) is 9.59 Å². The number of fused-ring (bicyclic) bond motifs is 2. The van der Waals surface area contributed by atoms with E-state index in [1.165, 1.54) is 32.1 Å². The largest absolute Gasteiger partial charge is 0.387 e. The maximum atomic E-state index is 13.1. The zero-order valence-corrected chi connectivity index (χ0v) is 15.8. The zero-order valence-electron chi connectivity index (χ0n) is 15.0. The van der Waals surface area contributed by atoms with Gasteiger partial charge in [-0.05, 0) is 26.2 Å². The molecule has 2 atom stereocenters. The predicted octanol–water partition coefficient (Wildman–Crippen LogP) is 1.83. The molecule has 4 rings (SSSR count). The number of aryl methyl sites for hydroxylation is 1. The van der Waals surface area contributed by atoms with Crippen LogP contribution in [0.15, 0.2) is 9.42 Å². The van der Waals surface area contributed by atoms with Gasteiger partial charge >= 0.3 is 0 Å². The van der Waals surface area contributed by atoms with Crippen LogP contribution in [-0.2, 0) is 4.79 Å². The van der Waals surface area contributed by atoms with Crippen molar-refractivity contribution < 1.29 is 19.2 Å². The van der Waals surface area contributed by atoms with E-state index in [1.54, 1.807) is 16.7 Å². The molecule has 8 heteroatoms. The van der Waals surface area contributed by atoms with Crippen molar-refractivity contribution in [3.63, 3.8) is 0 Å². The second kappa shape index (κ2) is 7.23. The van der Waals surface area contributed by atoms with Crippen LogP contribution in [0.1, 0.15) is 54.8 Å². The highest BCUT2D eigenvalue weighted by Crippen LogP contribution is 2.39. The van der Waals surface area contributed by atoms with Gasteiger partial charge in [0.2, 0.25) is 11.7 Å². The van der Waals surface area contributed by atoms with Gasteiger partial charge in [0.25, 0.3) is 5.91 Å². The molecule has 1 N–H and O–H groups in total. The number of carbonyl (C=O) groups excluding carboxylic acids is 2. The van der Waals surface area contributed by atoms with Gasteiger partial charge in [0, 0.05) is 18.3 Å². The molecule has 142 valence electrons. The van der Waals surface area contributed by atoms with E-state index in [4.69, 9.17) is 9.63 Å². The number of likely N-dealkylation sites (tertiary alicyclic amines) is 2. The summed E-state index contributed by atoms with van der Waals surface area (Å²) < 4.78 is 5.43. The predicted molar refractivity (Wildman–Crippen MR) is 96.0 cm³/mol. The molecule has 3 fully saturated rings. The molecule has 2 bridgehead atoms. The number of aromatic nitrogens is 1. The zero-order chi connectivity index (χ0) is 18.3. The minimum atomic E-state index is -0.472. The fourth-order valence-corrected chi connectivity index (χ4v) is 5.77. The van der Waals surface area contributed by atoms with Crippen molar-refractivity contribution in [2.75, 3.05) is 19.7 Å². The number of rotatable bonds is 4. The molecule has 0 radical (unpaired) electrons. The first-order chi connectivity index (χ1) is 12.6. The van der Waals surface area contributed by atoms with Crippen LogP contribution in [0.4, 0.5) is 0 Å². The lowest BCUT2D eigenvalue weighted by molar-refractivity contribution is -0.136. The minimum Gasteiger partial charge on any atom is -0.387 e. The van der Waals surface area contributed by atoms with Crippen LogP contribution < -0.4 is 0 Å². The molecule has 0 unspecified atom stereocenters. The number of aliphatic hydroxyl groups excluding tert-OH is 1. The van der Waals surface area contributed by atoms with E-state index in [0.717, 1.165) is 17.0 Å². The van der Waals surface area contributed by atoms with Gasteiger partial charge in [0.1, 0.15) is 6.61 Å². The standard InChI is InChI=1S/C18H25N3O4S/c1-11-17(26-14-5-3-2-4-6-14)16(25-19-11)18(24)21-9-12-7-13(21)8-20(12)15(23)10-22/h12-14,22H,2-10H2,1H3/t12-,13-/m0/s1. The average Bonchev–Trinajstić information content (AvgIpc) is 3.36. The SMILES string of the molecule is Cc1noc(C(=O)N2C[C@@H]3C[C@H]2CN3C(=O)CO)c1SC1CCCCC1. The summed E-state index contributed by atoms with van der Waals surface area (Å²) in [6.45, 7) is 2.42. The van der Waals surface area contributed by atoms with Crippen LogP contribution in [0.2, 0.25) is 0 Å². The van der Waals surface area contributed by atoms with Crippen molar-refractivity contribution >= 4 is 23.6 Å². The van der Waals surface area contributed by atoms with Gasteiger partial charge in [-0.25, -0.2) is 0 Å². The van der Waals surface area contributed by atoms with Crippen molar-refractivity contribution in [1.29, 1.82) is 0 Å². The third kappa shape index (κ3) is 3.13. The Labute approximate surface area is 157 Å². The second-order valence-electron chi connectivity index (χ2n) is 7.51. The molecule has 2 saturated heterocycles. The van der Waals surface area contributed by atoms with Crippen LogP contribution in [0.25, 0.3) is 0 Å². The third-order valence-electron chi connectivity index (χ3n) is 5.80. The lowest BCUT2D eigenvalue weighted by Crippen LogP contribution is -2.51. The van der Waals surface area contributed by atoms with Crippen molar-refractivity contribution in [3.05, 3.63) is 11.5 Å². The van der Waals surface area contributed by atoms with E-state index in [-0.39, 0.29) is 23.9 Å². The van der Waals surface area contributed by atoms with E-state index >= 15 is 0 Å². The molecular formula is C18H25N3O4S. The van der Waals surface area contributed by atoms with Gasteiger partial charge in [-0.2, -0.15) is 0 Å². The number of hydrogen-bond acceptors (Lipinski definition) is 6. The van der Waals surface area contributed by atoms with E-state index in [2.05, 4.69) is 5.16 Å². The first-order valence-corrected chi connectivity index (χ1v) is 10.3. The van der Waals surface area contributed by atoms with Crippen molar-refractivity contribution in [3.8, 4) is 0 Å². The topological polar surface area (TPSA) is 86.9 Å². The number of piperazine rings is 1. The Bertz CT molecular complexity index is 701. The van der Waals surface area contributed by atoms with E-state index in [1.807, 2.05) is 11.8 Å². The number of aliphatic hydroxyl groups is 1. The highest BCUT2D eigenvalue weighted by molar-refractivity contribution is 8.00. The van der Waals surface area contributed by atoms with E-state index in [0.29, 0.717) is 24.1 Å². The monoisotopic (exact) mass is 379 g/mol. The van der Waals surface area contributed by atoms with Gasteiger partial charge in [-0.1, -0.05) is 24.4 Å². The molecule has 26 heavy (non-hydrogen) atoms. The number of amides is 2. The van der Waals surface area contributed by atoms with Crippen molar-refractivity contribution in [1.82, 2.24) is 15.0 Å². The number of thioether (sulfide) groups is 1. The number of nitrogens with zero attached hydrogens (tertiary/aromatic N) is 3. The Kier molecular flexibility index (Phi) is 4.96. The Morgan fingerprint density at radius 2 is 1.88 bits per heavy atom. The maximum absolute atomic E-state index is 13.1. The lowest BCUT2D eigenvalue weighted by atomic mass is 10.0. The van der Waals surface area contributed by atoms with Crippen LogP contribution in [-0.4, -0.2) is 68.9 Å². The third-order valence-corrected chi connectivity index (χ3v) is 7.32. The van der Waals surface area contributed by atoms with E-state index in [9.17, 15) is 9.59 Å². The molecule has 0 aromatic carbocycles. The summed E-state index contributed by atoms with van der Waals surface area (Å²) in [5, 5.41) is 13.7. The smallest absolute Gasteiger partial charge is 0.294 e. The van der Waals surface area contributed by atoms with Crippen LogP contribution >= 0.6 is 11.8 Å². The highest BCUT2D eigenvalue weighted by atomic mass is 32.2. The normalized spacial score (nSPS) is 25.9. The first-order valence-electron chi connectivity index (χ1n) is 9.42. The molecule has 0 spiro atoms. The van der Waals surface area contributed by atoms with Crippen LogP contribution in [0.3, 0.4) is 0 Å². The fraction of sp³-hybridized carbons (Fsp3) is 0.722. The number of carbonyl (C=O) groups is 2. The van der Waals surface area contributed by atoms with Gasteiger partial charge in [0.15, 0.2) is 0 Å². The Morgan fingerprint density at radius 3 is 2.54 bits per heavy atom. The van der Waals surface area contributed by atoms with Gasteiger partial charge in [0.05, 0.1) is 22.7 Å². The fourth-order valence-electron chi connectivity index (χ4n) is 4.43. The Morgan fingerprint density at radius 1 is 1.19 bits per heavy atom. The quantitative estimate of drug-likeness (QED) is 0.859. The minimum absolute atomic E-state index is 0.000867. The van der Waals surface area contributed by atoms with Crippen LogP contribution in [0.5, 0.6) is 0 Å². The molecule has 1 saturated carbocycles. The maximum Gasteiger partial charge on any atom is 0.294 e. The molecule has 3 aliphatic rings. The first kappa shape index (κ1) is 17.9. The number of hydrogen-bond donors (Lipinski definition) is 1. The molecule has 2 aliphatic heterocycles. The van der Waals surface area contributed by atoms with Crippen molar-refractivity contribution in [2.45, 2.75) is 67.7 Å². The average molecular weight is 379 g/mol. The highest BCUT2D eigenvalue weighted by Gasteiger charge is 2.48. The second-order valence-corrected chi connectivity index (χ2v) is 8.82. The summed E-state index contributed by atoms with van der Waals surface area (Å²) in [5.41, 5.74) is 0.783. The molecule has 3 heterocycles. The molecule has 1 aliphatic carbocycles. The van der Waals surface area contributed by atoms with Crippen molar-refractivity contribution in [2.24, 2.45) is 0 Å². The van der Waals surface area contributed by atoms with E-state index < -0.39 is 6.61 Å². The molecule has 2 amide bonds. The summed E-state index contributed by atoms with van der Waals surface area (Å²) in [6.07, 6.45) is 6.91. The molecule has 7 nitrogen and oxygen atoms in total. The van der Waals surface area contributed by atoms with Gasteiger partial charge in [-0.15, -0.1) is 11.8 Å². The molecular weight excluding hydrogens is 354 g/mol. The summed E-state index contributed by atoms with van der Waals surface area (Å²) in [7, 11) is 0. The summed E-state index contributed by atoms with van der Waals surface area (Å²) >= 11 is 1.74.